The third-order valence-corrected chi connectivity index (χ3v) is 4.61. The highest BCUT2D eigenvalue weighted by Crippen LogP contribution is 2.31. The Morgan fingerprint density at radius 1 is 1.21 bits per heavy atom. The van der Waals surface area contributed by atoms with Gasteiger partial charge in [-0.3, -0.25) is 0 Å². The van der Waals surface area contributed by atoms with Crippen LogP contribution in [0.15, 0.2) is 29.2 Å². The fourth-order valence-corrected chi connectivity index (χ4v) is 3.43. The van der Waals surface area contributed by atoms with Crippen LogP contribution in [0.3, 0.4) is 0 Å². The first-order valence-electron chi connectivity index (χ1n) is 7.39. The van der Waals surface area contributed by atoms with E-state index in [1.54, 1.807) is 0 Å². The van der Waals surface area contributed by atoms with Crippen LogP contribution < -0.4 is 5.32 Å². The van der Waals surface area contributed by atoms with Gasteiger partial charge in [0.05, 0.1) is 0 Å². The van der Waals surface area contributed by atoms with E-state index in [1.807, 2.05) is 11.8 Å². The Hall–Kier alpha value is -0.510. The van der Waals surface area contributed by atoms with Gasteiger partial charge in [-0.15, -0.1) is 11.8 Å². The van der Waals surface area contributed by atoms with E-state index in [2.05, 4.69) is 43.4 Å². The topological polar surface area (TPSA) is 21.3 Å². The predicted molar refractivity (Wildman–Crippen MR) is 82.8 cm³/mol. The molecule has 3 heteroatoms. The lowest BCUT2D eigenvalue weighted by molar-refractivity contribution is 0.0538. The second kappa shape index (κ2) is 7.93. The standard InChI is InChI=1S/C16H25NOS/c1-3-17-16(14-9-11-18-12-10-14)13-5-7-15(8-6-13)19-4-2/h5-8,14,16-17H,3-4,9-12H2,1-2H3. The third-order valence-electron chi connectivity index (χ3n) is 3.71. The van der Waals surface area contributed by atoms with Gasteiger partial charge < -0.3 is 10.1 Å². The Labute approximate surface area is 121 Å². The molecule has 19 heavy (non-hydrogen) atoms. The first-order valence-corrected chi connectivity index (χ1v) is 8.37. The summed E-state index contributed by atoms with van der Waals surface area (Å²) in [4.78, 5) is 1.37. The number of benzene rings is 1. The number of thioether (sulfide) groups is 1. The molecule has 0 radical (unpaired) electrons. The highest BCUT2D eigenvalue weighted by Gasteiger charge is 2.24. The molecular weight excluding hydrogens is 254 g/mol. The van der Waals surface area contributed by atoms with E-state index in [1.165, 1.54) is 23.3 Å². The molecule has 1 saturated heterocycles. The first kappa shape index (κ1) is 14.9. The molecule has 1 aliphatic heterocycles. The van der Waals surface area contributed by atoms with E-state index in [9.17, 15) is 0 Å². The van der Waals surface area contributed by atoms with Crippen LogP contribution in [0.4, 0.5) is 0 Å². The van der Waals surface area contributed by atoms with Gasteiger partial charge in [0.25, 0.3) is 0 Å². The van der Waals surface area contributed by atoms with Crippen molar-refractivity contribution in [2.45, 2.75) is 37.6 Å². The maximum atomic E-state index is 5.48. The summed E-state index contributed by atoms with van der Waals surface area (Å²) in [7, 11) is 0. The molecule has 0 saturated carbocycles. The molecule has 0 bridgehead atoms. The van der Waals surface area contributed by atoms with Crippen molar-refractivity contribution in [3.63, 3.8) is 0 Å². The molecular formula is C16H25NOS. The highest BCUT2D eigenvalue weighted by molar-refractivity contribution is 7.99. The molecule has 2 nitrogen and oxygen atoms in total. The van der Waals surface area contributed by atoms with Crippen molar-refractivity contribution in [1.82, 2.24) is 5.32 Å². The summed E-state index contributed by atoms with van der Waals surface area (Å²) in [5, 5.41) is 3.66. The third kappa shape index (κ3) is 4.23. The molecule has 106 valence electrons. The van der Waals surface area contributed by atoms with E-state index < -0.39 is 0 Å². The average molecular weight is 279 g/mol. The number of nitrogens with one attached hydrogen (secondary N) is 1. The zero-order chi connectivity index (χ0) is 13.5. The molecule has 1 N–H and O–H groups in total. The quantitative estimate of drug-likeness (QED) is 0.799. The predicted octanol–water partition coefficient (Wildman–Crippen LogP) is 3.88. The summed E-state index contributed by atoms with van der Waals surface area (Å²) in [5.74, 6) is 1.84. The fourth-order valence-electron chi connectivity index (χ4n) is 2.76. The van der Waals surface area contributed by atoms with Gasteiger partial charge in [0.15, 0.2) is 0 Å². The second-order valence-electron chi connectivity index (χ2n) is 4.99. The van der Waals surface area contributed by atoms with Crippen LogP contribution in [0.1, 0.15) is 38.3 Å². The Morgan fingerprint density at radius 3 is 2.47 bits per heavy atom. The summed E-state index contributed by atoms with van der Waals surface area (Å²) >= 11 is 1.90. The zero-order valence-electron chi connectivity index (χ0n) is 12.0. The van der Waals surface area contributed by atoms with Crippen molar-refractivity contribution in [2.24, 2.45) is 5.92 Å². The maximum absolute atomic E-state index is 5.48. The SMILES string of the molecule is CCNC(c1ccc(SCC)cc1)C1CCOCC1. The van der Waals surface area contributed by atoms with Gasteiger partial charge in [0.2, 0.25) is 0 Å². The minimum Gasteiger partial charge on any atom is -0.381 e. The second-order valence-corrected chi connectivity index (χ2v) is 6.32. The lowest BCUT2D eigenvalue weighted by atomic mass is 9.87. The summed E-state index contributed by atoms with van der Waals surface area (Å²) in [6, 6.07) is 9.58. The summed E-state index contributed by atoms with van der Waals surface area (Å²) in [6.07, 6.45) is 2.34. The van der Waals surface area contributed by atoms with Gasteiger partial charge in [-0.2, -0.15) is 0 Å². The van der Waals surface area contributed by atoms with E-state index in [4.69, 9.17) is 4.74 Å². The normalized spacial score (nSPS) is 18.4. The maximum Gasteiger partial charge on any atom is 0.0469 e. The van der Waals surface area contributed by atoms with Crippen molar-refractivity contribution in [3.05, 3.63) is 29.8 Å². The van der Waals surface area contributed by atoms with E-state index in [0.29, 0.717) is 12.0 Å². The largest absolute Gasteiger partial charge is 0.381 e. The minimum absolute atomic E-state index is 0.481. The van der Waals surface area contributed by atoms with Gasteiger partial charge in [0.1, 0.15) is 0 Å². The van der Waals surface area contributed by atoms with Crippen molar-refractivity contribution >= 4 is 11.8 Å². The highest BCUT2D eigenvalue weighted by atomic mass is 32.2. The van der Waals surface area contributed by atoms with Crippen LogP contribution in [-0.2, 0) is 4.74 Å². The molecule has 2 rings (SSSR count). The summed E-state index contributed by atoms with van der Waals surface area (Å²) < 4.78 is 5.48. The molecule has 1 fully saturated rings. The Kier molecular flexibility index (Phi) is 6.21. The van der Waals surface area contributed by atoms with Crippen LogP contribution >= 0.6 is 11.8 Å². The monoisotopic (exact) mass is 279 g/mol. The van der Waals surface area contributed by atoms with E-state index in [0.717, 1.165) is 25.5 Å². The molecule has 0 spiro atoms. The van der Waals surface area contributed by atoms with Crippen LogP contribution in [-0.4, -0.2) is 25.5 Å². The van der Waals surface area contributed by atoms with Crippen LogP contribution in [0, 0.1) is 5.92 Å². The molecule has 1 aliphatic rings. The van der Waals surface area contributed by atoms with E-state index in [-0.39, 0.29) is 0 Å². The van der Waals surface area contributed by atoms with E-state index >= 15 is 0 Å². The zero-order valence-corrected chi connectivity index (χ0v) is 12.8. The van der Waals surface area contributed by atoms with Gasteiger partial charge in [0, 0.05) is 24.2 Å². The molecule has 1 atom stereocenters. The molecule has 1 aromatic rings. The van der Waals surface area contributed by atoms with Crippen molar-refractivity contribution in [3.8, 4) is 0 Å². The average Bonchev–Trinajstić information content (AvgIpc) is 2.47. The molecule has 0 aromatic heterocycles. The number of hydrogen-bond acceptors (Lipinski definition) is 3. The van der Waals surface area contributed by atoms with Crippen molar-refractivity contribution < 1.29 is 4.74 Å². The fraction of sp³-hybridized carbons (Fsp3) is 0.625. The molecule has 1 aromatic carbocycles. The summed E-state index contributed by atoms with van der Waals surface area (Å²) in [6.45, 7) is 7.23. The Balaban J connectivity index is 2.08. The van der Waals surface area contributed by atoms with Crippen molar-refractivity contribution in [2.75, 3.05) is 25.5 Å². The molecule has 1 heterocycles. The molecule has 1 unspecified atom stereocenters. The van der Waals surface area contributed by atoms with Crippen LogP contribution in [0.25, 0.3) is 0 Å². The van der Waals surface area contributed by atoms with Crippen LogP contribution in [0.5, 0.6) is 0 Å². The Bertz CT molecular complexity index is 360. The lowest BCUT2D eigenvalue weighted by Crippen LogP contribution is -2.32. The summed E-state index contributed by atoms with van der Waals surface area (Å²) in [5.41, 5.74) is 1.43. The molecule has 0 aliphatic carbocycles. The number of hydrogen-bond donors (Lipinski definition) is 1. The van der Waals surface area contributed by atoms with Crippen molar-refractivity contribution in [1.29, 1.82) is 0 Å². The first-order chi connectivity index (χ1) is 9.35. The van der Waals surface area contributed by atoms with Gasteiger partial charge in [-0.25, -0.2) is 0 Å². The minimum atomic E-state index is 0.481. The number of rotatable bonds is 6. The molecule has 0 amide bonds. The number of ether oxygens (including phenoxy) is 1. The smallest absolute Gasteiger partial charge is 0.0469 e. The van der Waals surface area contributed by atoms with Gasteiger partial charge in [-0.05, 0) is 48.8 Å². The van der Waals surface area contributed by atoms with Gasteiger partial charge >= 0.3 is 0 Å². The van der Waals surface area contributed by atoms with Crippen LogP contribution in [0.2, 0.25) is 0 Å². The lowest BCUT2D eigenvalue weighted by Gasteiger charge is -2.31. The Morgan fingerprint density at radius 2 is 1.89 bits per heavy atom. The van der Waals surface area contributed by atoms with Gasteiger partial charge in [-0.1, -0.05) is 26.0 Å².